The number of carbonyl (C=O) groups excluding carboxylic acids is 1. The molecule has 0 saturated carbocycles. The molecule has 158 valence electrons. The van der Waals surface area contributed by atoms with Crippen molar-refractivity contribution in [3.63, 3.8) is 0 Å². The first-order valence-corrected chi connectivity index (χ1v) is 10.5. The molecule has 7 heteroatoms. The Bertz CT molecular complexity index is 1190. The largest absolute Gasteiger partial charge is 0.497 e. The first-order valence-electron chi connectivity index (χ1n) is 10.5. The standard InChI is InChI=1S/C24H25N5O2/c1-31-20-7-4-16(5-8-20)22-14-23(28-27-22)29-12-2-3-19(15-29)26-24(30)18-6-9-21-17(13-18)10-11-25-21/h4-11,13-14,19,25H,2-3,12,15H2,1H3,(H,26,30)(H,27,28). The summed E-state index contributed by atoms with van der Waals surface area (Å²) in [6, 6.07) is 17.8. The van der Waals surface area contributed by atoms with E-state index in [1.807, 2.05) is 54.7 Å². The maximum atomic E-state index is 12.8. The van der Waals surface area contributed by atoms with E-state index in [4.69, 9.17) is 4.74 Å². The molecule has 1 saturated heterocycles. The van der Waals surface area contributed by atoms with Crippen LogP contribution in [0.3, 0.4) is 0 Å². The van der Waals surface area contributed by atoms with E-state index in [0.29, 0.717) is 5.56 Å². The molecule has 1 aliphatic heterocycles. The Labute approximate surface area is 180 Å². The van der Waals surface area contributed by atoms with Crippen LogP contribution in [0.15, 0.2) is 60.8 Å². The molecule has 1 atom stereocenters. The van der Waals surface area contributed by atoms with E-state index in [-0.39, 0.29) is 11.9 Å². The second kappa shape index (κ2) is 8.18. The first kappa shape index (κ1) is 19.2. The number of methoxy groups -OCH3 is 1. The number of aromatic nitrogens is 3. The van der Waals surface area contributed by atoms with Crippen LogP contribution in [0, 0.1) is 0 Å². The van der Waals surface area contributed by atoms with Gasteiger partial charge in [-0.3, -0.25) is 9.89 Å². The van der Waals surface area contributed by atoms with Gasteiger partial charge >= 0.3 is 0 Å². The normalized spacial score (nSPS) is 16.4. The highest BCUT2D eigenvalue weighted by atomic mass is 16.5. The fourth-order valence-corrected chi connectivity index (χ4v) is 4.16. The zero-order chi connectivity index (χ0) is 21.2. The van der Waals surface area contributed by atoms with Gasteiger partial charge in [-0.1, -0.05) is 0 Å². The van der Waals surface area contributed by atoms with Crippen LogP contribution in [-0.4, -0.2) is 47.3 Å². The zero-order valence-electron chi connectivity index (χ0n) is 17.4. The number of piperidine rings is 1. The SMILES string of the molecule is COc1ccc(-c2cc(N3CCCC(NC(=O)c4ccc5[nH]ccc5c4)C3)n[nH]2)cc1. The van der Waals surface area contributed by atoms with Crippen LogP contribution >= 0.6 is 0 Å². The molecule has 1 aliphatic rings. The van der Waals surface area contributed by atoms with Crippen molar-refractivity contribution < 1.29 is 9.53 Å². The van der Waals surface area contributed by atoms with Gasteiger partial charge in [-0.15, -0.1) is 0 Å². The maximum Gasteiger partial charge on any atom is 0.251 e. The molecule has 7 nitrogen and oxygen atoms in total. The highest BCUT2D eigenvalue weighted by Crippen LogP contribution is 2.26. The Kier molecular flexibility index (Phi) is 5.08. The summed E-state index contributed by atoms with van der Waals surface area (Å²) in [4.78, 5) is 18.2. The fourth-order valence-electron chi connectivity index (χ4n) is 4.16. The lowest BCUT2D eigenvalue weighted by Gasteiger charge is -2.33. The van der Waals surface area contributed by atoms with E-state index >= 15 is 0 Å². The quantitative estimate of drug-likeness (QED) is 0.460. The summed E-state index contributed by atoms with van der Waals surface area (Å²) < 4.78 is 5.23. The molecule has 0 aliphatic carbocycles. The Morgan fingerprint density at radius 1 is 1.16 bits per heavy atom. The molecule has 1 unspecified atom stereocenters. The number of ether oxygens (including phenoxy) is 1. The zero-order valence-corrected chi connectivity index (χ0v) is 17.4. The van der Waals surface area contributed by atoms with Gasteiger partial charge in [-0.05, 0) is 66.9 Å². The highest BCUT2D eigenvalue weighted by molar-refractivity contribution is 5.98. The Morgan fingerprint density at radius 2 is 2.03 bits per heavy atom. The number of hydrogen-bond donors (Lipinski definition) is 3. The average Bonchev–Trinajstić information content (AvgIpc) is 3.49. The van der Waals surface area contributed by atoms with E-state index in [0.717, 1.165) is 59.7 Å². The number of H-pyrrole nitrogens is 2. The van der Waals surface area contributed by atoms with Crippen molar-refractivity contribution in [3.8, 4) is 17.0 Å². The smallest absolute Gasteiger partial charge is 0.251 e. The molecule has 2 aromatic heterocycles. The van der Waals surface area contributed by atoms with Crippen molar-refractivity contribution >= 4 is 22.6 Å². The van der Waals surface area contributed by atoms with Crippen LogP contribution < -0.4 is 15.0 Å². The monoisotopic (exact) mass is 415 g/mol. The lowest BCUT2D eigenvalue weighted by molar-refractivity contribution is 0.0933. The van der Waals surface area contributed by atoms with Crippen LogP contribution in [0.25, 0.3) is 22.2 Å². The van der Waals surface area contributed by atoms with Gasteiger partial charge in [0.25, 0.3) is 5.91 Å². The minimum Gasteiger partial charge on any atom is -0.497 e. The molecule has 2 aromatic carbocycles. The molecule has 5 rings (SSSR count). The third kappa shape index (κ3) is 3.99. The molecule has 1 fully saturated rings. The predicted molar refractivity (Wildman–Crippen MR) is 122 cm³/mol. The molecule has 0 spiro atoms. The van der Waals surface area contributed by atoms with Gasteiger partial charge in [0, 0.05) is 47.9 Å². The van der Waals surface area contributed by atoms with E-state index in [1.54, 1.807) is 7.11 Å². The molecule has 0 bridgehead atoms. The number of amides is 1. The van der Waals surface area contributed by atoms with Crippen molar-refractivity contribution in [3.05, 3.63) is 66.4 Å². The maximum absolute atomic E-state index is 12.8. The van der Waals surface area contributed by atoms with E-state index in [9.17, 15) is 4.79 Å². The third-order valence-corrected chi connectivity index (χ3v) is 5.86. The Balaban J connectivity index is 1.25. The summed E-state index contributed by atoms with van der Waals surface area (Å²) in [5, 5.41) is 11.9. The van der Waals surface area contributed by atoms with Crippen molar-refractivity contribution in [2.75, 3.05) is 25.1 Å². The number of carbonyl (C=O) groups is 1. The number of fused-ring (bicyclic) bond motifs is 1. The molecule has 3 heterocycles. The number of benzene rings is 2. The van der Waals surface area contributed by atoms with E-state index in [2.05, 4.69) is 31.5 Å². The highest BCUT2D eigenvalue weighted by Gasteiger charge is 2.24. The number of hydrogen-bond acceptors (Lipinski definition) is 4. The minimum atomic E-state index is -0.0316. The van der Waals surface area contributed by atoms with Crippen LogP contribution in [0.4, 0.5) is 5.82 Å². The summed E-state index contributed by atoms with van der Waals surface area (Å²) >= 11 is 0. The van der Waals surface area contributed by atoms with Crippen molar-refractivity contribution in [2.45, 2.75) is 18.9 Å². The summed E-state index contributed by atoms with van der Waals surface area (Å²) in [5.41, 5.74) is 3.74. The summed E-state index contributed by atoms with van der Waals surface area (Å²) in [7, 11) is 1.66. The molecule has 0 radical (unpaired) electrons. The second-order valence-electron chi connectivity index (χ2n) is 7.91. The van der Waals surface area contributed by atoms with Gasteiger partial charge in [0.2, 0.25) is 0 Å². The van der Waals surface area contributed by atoms with Gasteiger partial charge in [-0.25, -0.2) is 0 Å². The Morgan fingerprint density at radius 3 is 2.87 bits per heavy atom. The van der Waals surface area contributed by atoms with Crippen LogP contribution in [-0.2, 0) is 0 Å². The minimum absolute atomic E-state index is 0.0316. The van der Waals surface area contributed by atoms with Gasteiger partial charge in [-0.2, -0.15) is 5.10 Å². The summed E-state index contributed by atoms with van der Waals surface area (Å²) in [6.45, 7) is 1.67. The fraction of sp³-hybridized carbons (Fsp3) is 0.250. The van der Waals surface area contributed by atoms with Crippen LogP contribution in [0.2, 0.25) is 0 Å². The third-order valence-electron chi connectivity index (χ3n) is 5.86. The number of aromatic amines is 2. The van der Waals surface area contributed by atoms with Crippen molar-refractivity contribution in [1.29, 1.82) is 0 Å². The van der Waals surface area contributed by atoms with E-state index in [1.165, 1.54) is 0 Å². The number of nitrogens with zero attached hydrogens (tertiary/aromatic N) is 2. The van der Waals surface area contributed by atoms with Gasteiger partial charge in [0.05, 0.1) is 12.8 Å². The average molecular weight is 415 g/mol. The predicted octanol–water partition coefficient (Wildman–Crippen LogP) is 3.97. The molecular weight excluding hydrogens is 390 g/mol. The topological polar surface area (TPSA) is 86.0 Å². The van der Waals surface area contributed by atoms with E-state index < -0.39 is 0 Å². The lowest BCUT2D eigenvalue weighted by Crippen LogP contribution is -2.48. The number of anilines is 1. The summed E-state index contributed by atoms with van der Waals surface area (Å²) in [5.74, 6) is 1.70. The Hall–Kier alpha value is -3.74. The molecule has 1 amide bonds. The lowest BCUT2D eigenvalue weighted by atomic mass is 10.0. The van der Waals surface area contributed by atoms with Crippen LogP contribution in [0.5, 0.6) is 5.75 Å². The van der Waals surface area contributed by atoms with Gasteiger partial charge < -0.3 is 19.9 Å². The summed E-state index contributed by atoms with van der Waals surface area (Å²) in [6.07, 6.45) is 3.85. The number of nitrogens with one attached hydrogen (secondary N) is 3. The van der Waals surface area contributed by atoms with Gasteiger partial charge in [0.1, 0.15) is 5.75 Å². The number of rotatable bonds is 5. The second-order valence-corrected chi connectivity index (χ2v) is 7.91. The molecule has 4 aromatic rings. The molecular formula is C24H25N5O2. The van der Waals surface area contributed by atoms with Crippen molar-refractivity contribution in [2.24, 2.45) is 0 Å². The molecule has 31 heavy (non-hydrogen) atoms. The molecule has 3 N–H and O–H groups in total. The van der Waals surface area contributed by atoms with Crippen LogP contribution in [0.1, 0.15) is 23.2 Å². The van der Waals surface area contributed by atoms with Gasteiger partial charge in [0.15, 0.2) is 5.82 Å². The first-order chi connectivity index (χ1) is 15.2. The van der Waals surface area contributed by atoms with Crippen molar-refractivity contribution in [1.82, 2.24) is 20.5 Å².